The molecule has 3 rings (SSSR count). The maximum Gasteiger partial charge on any atom is 0.0694 e. The predicted molar refractivity (Wildman–Crippen MR) is 102 cm³/mol. The van der Waals surface area contributed by atoms with Gasteiger partial charge in [-0.1, -0.05) is 59.7 Å². The van der Waals surface area contributed by atoms with Gasteiger partial charge in [-0.3, -0.25) is 4.21 Å². The second kappa shape index (κ2) is 5.77. The van der Waals surface area contributed by atoms with Crippen LogP contribution in [0.2, 0.25) is 0 Å². The number of thioether (sulfide) groups is 1. The van der Waals surface area contributed by atoms with Crippen LogP contribution in [0.4, 0.5) is 0 Å². The van der Waals surface area contributed by atoms with Gasteiger partial charge in [-0.15, -0.1) is 11.8 Å². The predicted octanol–water partition coefficient (Wildman–Crippen LogP) is 5.44. The van der Waals surface area contributed by atoms with E-state index >= 15 is 0 Å². The van der Waals surface area contributed by atoms with Gasteiger partial charge in [0.05, 0.1) is 10.5 Å². The first-order chi connectivity index (χ1) is 10.6. The quantitative estimate of drug-likeness (QED) is 0.662. The molecule has 0 aromatic heterocycles. The maximum atomic E-state index is 13.1. The lowest BCUT2D eigenvalue weighted by molar-refractivity contribution is 0.412. The van der Waals surface area contributed by atoms with Crippen molar-refractivity contribution in [3.63, 3.8) is 0 Å². The van der Waals surface area contributed by atoms with Crippen LogP contribution in [0.5, 0.6) is 0 Å². The van der Waals surface area contributed by atoms with Crippen molar-refractivity contribution in [3.8, 4) is 0 Å². The molecule has 2 aliphatic rings. The smallest absolute Gasteiger partial charge is 0.0694 e. The third-order valence-corrected chi connectivity index (χ3v) is 8.40. The Labute approximate surface area is 147 Å². The van der Waals surface area contributed by atoms with E-state index in [0.29, 0.717) is 5.25 Å². The van der Waals surface area contributed by atoms with Gasteiger partial charge in [-0.25, -0.2) is 0 Å². The van der Waals surface area contributed by atoms with Gasteiger partial charge in [0.25, 0.3) is 0 Å². The van der Waals surface area contributed by atoms with Crippen molar-refractivity contribution in [1.82, 2.24) is 0 Å². The van der Waals surface area contributed by atoms with Crippen LogP contribution >= 0.6 is 11.8 Å². The summed E-state index contributed by atoms with van der Waals surface area (Å²) in [5, 5.41) is 0.929. The molecule has 1 nitrogen and oxygen atoms in total. The van der Waals surface area contributed by atoms with Gasteiger partial charge in [-0.05, 0) is 40.5 Å². The number of hydrogen-bond donors (Lipinski definition) is 0. The fourth-order valence-electron chi connectivity index (χ4n) is 4.12. The molecule has 2 aliphatic heterocycles. The Hall–Kier alpha value is -0.540. The lowest BCUT2D eigenvalue weighted by Gasteiger charge is -2.37. The highest BCUT2D eigenvalue weighted by Gasteiger charge is 2.56. The Morgan fingerprint density at radius 3 is 2.04 bits per heavy atom. The third kappa shape index (κ3) is 3.07. The van der Waals surface area contributed by atoms with Crippen molar-refractivity contribution >= 4 is 22.6 Å². The van der Waals surface area contributed by atoms with E-state index in [2.05, 4.69) is 71.9 Å². The van der Waals surface area contributed by atoms with Gasteiger partial charge in [-0.2, -0.15) is 0 Å². The van der Waals surface area contributed by atoms with Gasteiger partial charge in [0.1, 0.15) is 0 Å². The molecule has 126 valence electrons. The monoisotopic (exact) mass is 348 g/mol. The molecule has 2 heterocycles. The second-order valence-corrected chi connectivity index (χ2v) is 11.8. The average molecular weight is 349 g/mol. The van der Waals surface area contributed by atoms with E-state index in [4.69, 9.17) is 0 Å². The van der Waals surface area contributed by atoms with Crippen LogP contribution in [-0.4, -0.2) is 20.0 Å². The van der Waals surface area contributed by atoms with Crippen LogP contribution in [0.3, 0.4) is 0 Å². The standard InChI is InChI=1S/C20H28OS2/c1-19(2,3)16-15-12-14(22-13-10-8-7-9-11-13)18(23(15)21)17(16)20(4,5)6/h7-11,14-15,18H,12H2,1-6H3/t14?,15-,18+,23?/m0/s1. The Morgan fingerprint density at radius 2 is 1.52 bits per heavy atom. The summed E-state index contributed by atoms with van der Waals surface area (Å²) in [4.78, 5) is 1.30. The van der Waals surface area contributed by atoms with Crippen LogP contribution < -0.4 is 0 Å². The van der Waals surface area contributed by atoms with Crippen LogP contribution in [0, 0.1) is 10.8 Å². The van der Waals surface area contributed by atoms with E-state index in [1.54, 1.807) is 0 Å². The number of fused-ring (bicyclic) bond motifs is 2. The normalized spacial score (nSPS) is 31.0. The van der Waals surface area contributed by atoms with Gasteiger partial charge >= 0.3 is 0 Å². The van der Waals surface area contributed by atoms with Crippen molar-refractivity contribution in [2.24, 2.45) is 10.8 Å². The lowest BCUT2D eigenvalue weighted by atomic mass is 9.69. The van der Waals surface area contributed by atoms with Gasteiger partial charge in [0, 0.05) is 20.9 Å². The third-order valence-electron chi connectivity index (χ3n) is 4.86. The highest BCUT2D eigenvalue weighted by Crippen LogP contribution is 2.57. The number of benzene rings is 1. The molecule has 0 saturated carbocycles. The number of hydrogen-bond acceptors (Lipinski definition) is 2. The fraction of sp³-hybridized carbons (Fsp3) is 0.600. The Morgan fingerprint density at radius 1 is 0.957 bits per heavy atom. The molecule has 1 aromatic carbocycles. The zero-order chi connectivity index (χ0) is 17.0. The van der Waals surface area contributed by atoms with Crippen LogP contribution in [0.15, 0.2) is 46.4 Å². The van der Waals surface area contributed by atoms with E-state index < -0.39 is 10.8 Å². The van der Waals surface area contributed by atoms with Crippen molar-refractivity contribution in [2.45, 2.75) is 68.6 Å². The molecule has 0 amide bonds. The van der Waals surface area contributed by atoms with E-state index in [0.717, 1.165) is 6.42 Å². The van der Waals surface area contributed by atoms with E-state index in [1.807, 2.05) is 11.8 Å². The molecule has 3 heteroatoms. The SMILES string of the molecule is CC(C)(C)C1=C(C(C)(C)C)[C@H]2C(Sc3ccccc3)C[C@@H]1S2=O. The molecule has 0 N–H and O–H groups in total. The largest absolute Gasteiger partial charge is 0.258 e. The molecule has 0 spiro atoms. The van der Waals surface area contributed by atoms with Crippen LogP contribution in [0.25, 0.3) is 0 Å². The van der Waals surface area contributed by atoms with E-state index in [9.17, 15) is 4.21 Å². The van der Waals surface area contributed by atoms with Crippen molar-refractivity contribution in [3.05, 3.63) is 41.5 Å². The second-order valence-electron chi connectivity index (χ2n) is 8.77. The summed E-state index contributed by atoms with van der Waals surface area (Å²) in [6.07, 6.45) is 1.06. The average Bonchev–Trinajstić information content (AvgIpc) is 2.89. The summed E-state index contributed by atoms with van der Waals surface area (Å²) < 4.78 is 13.1. The first-order valence-electron chi connectivity index (χ1n) is 8.47. The molecule has 0 radical (unpaired) electrons. The Balaban J connectivity index is 2.00. The summed E-state index contributed by atoms with van der Waals surface area (Å²) in [5.74, 6) is 0. The van der Waals surface area contributed by atoms with Crippen LogP contribution in [0.1, 0.15) is 48.0 Å². The summed E-state index contributed by atoms with van der Waals surface area (Å²) in [5.41, 5.74) is 3.17. The zero-order valence-electron chi connectivity index (χ0n) is 15.1. The zero-order valence-corrected chi connectivity index (χ0v) is 16.7. The highest BCUT2D eigenvalue weighted by atomic mass is 32.2. The summed E-state index contributed by atoms with van der Waals surface area (Å²) >= 11 is 1.92. The summed E-state index contributed by atoms with van der Waals surface area (Å²) in [6, 6.07) is 10.6. The minimum Gasteiger partial charge on any atom is -0.258 e. The highest BCUT2D eigenvalue weighted by molar-refractivity contribution is 8.01. The first kappa shape index (κ1) is 17.3. The molecule has 1 fully saturated rings. The molecular weight excluding hydrogens is 320 g/mol. The molecule has 1 aromatic rings. The lowest BCUT2D eigenvalue weighted by Crippen LogP contribution is -2.33. The Kier molecular flexibility index (Phi) is 4.34. The first-order valence-corrected chi connectivity index (χ1v) is 10.6. The van der Waals surface area contributed by atoms with Crippen molar-refractivity contribution in [2.75, 3.05) is 0 Å². The molecule has 2 bridgehead atoms. The Bertz CT molecular complexity index is 646. The van der Waals surface area contributed by atoms with Crippen molar-refractivity contribution < 1.29 is 4.21 Å². The molecule has 0 aliphatic carbocycles. The summed E-state index contributed by atoms with van der Waals surface area (Å²) in [7, 11) is -0.753. The molecule has 23 heavy (non-hydrogen) atoms. The number of rotatable bonds is 2. The van der Waals surface area contributed by atoms with E-state index in [-0.39, 0.29) is 21.3 Å². The molecule has 1 saturated heterocycles. The van der Waals surface area contributed by atoms with Gasteiger partial charge in [0.15, 0.2) is 0 Å². The minimum atomic E-state index is -0.753. The summed E-state index contributed by atoms with van der Waals surface area (Å²) in [6.45, 7) is 13.7. The molecule has 2 unspecified atom stereocenters. The van der Waals surface area contributed by atoms with Gasteiger partial charge in [0.2, 0.25) is 0 Å². The topological polar surface area (TPSA) is 17.1 Å². The minimum absolute atomic E-state index is 0.0909. The maximum absolute atomic E-state index is 13.1. The van der Waals surface area contributed by atoms with Crippen molar-refractivity contribution in [1.29, 1.82) is 0 Å². The van der Waals surface area contributed by atoms with E-state index in [1.165, 1.54) is 16.0 Å². The fourth-order valence-corrected chi connectivity index (χ4v) is 8.54. The molecule has 4 atom stereocenters. The molecular formula is C20H28OS2. The van der Waals surface area contributed by atoms with Gasteiger partial charge < -0.3 is 0 Å². The van der Waals surface area contributed by atoms with Crippen LogP contribution in [-0.2, 0) is 10.8 Å².